The fraction of sp³-hybridized carbons (Fsp3) is 0.933. The van der Waals surface area contributed by atoms with Gasteiger partial charge in [-0.3, -0.25) is 4.79 Å². The smallest absolute Gasteiger partial charge is 0.207 e. The lowest BCUT2D eigenvalue weighted by Gasteiger charge is -2.04. The molecular formula is C15H31NO. The van der Waals surface area contributed by atoms with E-state index in [1.807, 2.05) is 0 Å². The summed E-state index contributed by atoms with van der Waals surface area (Å²) < 4.78 is 0. The highest BCUT2D eigenvalue weighted by molar-refractivity contribution is 5.45. The van der Waals surface area contributed by atoms with Gasteiger partial charge in [0.05, 0.1) is 0 Å². The monoisotopic (exact) mass is 241 g/mol. The van der Waals surface area contributed by atoms with Gasteiger partial charge in [-0.05, 0) is 12.3 Å². The SMILES string of the molecule is CC(C)CCCCCCCCCCCNC=O. The van der Waals surface area contributed by atoms with Gasteiger partial charge in [0.2, 0.25) is 6.41 Å². The Bertz CT molecular complexity index is 157. The number of amides is 1. The fourth-order valence-electron chi connectivity index (χ4n) is 2.08. The molecule has 0 aliphatic carbocycles. The number of rotatable bonds is 13. The van der Waals surface area contributed by atoms with Gasteiger partial charge < -0.3 is 5.32 Å². The summed E-state index contributed by atoms with van der Waals surface area (Å²) in [5.74, 6) is 0.870. The molecule has 0 aromatic rings. The summed E-state index contributed by atoms with van der Waals surface area (Å²) in [7, 11) is 0. The normalized spacial score (nSPS) is 10.8. The zero-order valence-electron chi connectivity index (χ0n) is 11.8. The molecule has 0 aromatic carbocycles. The van der Waals surface area contributed by atoms with Crippen molar-refractivity contribution in [3.63, 3.8) is 0 Å². The zero-order valence-corrected chi connectivity index (χ0v) is 11.8. The second kappa shape index (κ2) is 13.5. The van der Waals surface area contributed by atoms with Crippen LogP contribution in [0, 0.1) is 5.92 Å². The van der Waals surface area contributed by atoms with Crippen LogP contribution in [0.3, 0.4) is 0 Å². The number of nitrogens with one attached hydrogen (secondary N) is 1. The first kappa shape index (κ1) is 16.5. The summed E-state index contributed by atoms with van der Waals surface area (Å²) in [6.45, 7) is 5.46. The van der Waals surface area contributed by atoms with Crippen molar-refractivity contribution >= 4 is 6.41 Å². The van der Waals surface area contributed by atoms with Crippen molar-refractivity contribution in [2.45, 2.75) is 78.1 Å². The Morgan fingerprint density at radius 2 is 1.29 bits per heavy atom. The molecule has 0 atom stereocenters. The third kappa shape index (κ3) is 15.5. The topological polar surface area (TPSA) is 29.1 Å². The predicted molar refractivity (Wildman–Crippen MR) is 75.1 cm³/mol. The quantitative estimate of drug-likeness (QED) is 0.378. The second-order valence-electron chi connectivity index (χ2n) is 5.44. The summed E-state index contributed by atoms with van der Waals surface area (Å²) in [6.07, 6.45) is 14.3. The van der Waals surface area contributed by atoms with Crippen molar-refractivity contribution in [2.24, 2.45) is 5.92 Å². The molecule has 102 valence electrons. The molecule has 0 bridgehead atoms. The molecule has 0 saturated heterocycles. The molecule has 0 rings (SSSR count). The number of hydrogen-bond acceptors (Lipinski definition) is 1. The van der Waals surface area contributed by atoms with E-state index in [0.717, 1.165) is 25.3 Å². The van der Waals surface area contributed by atoms with Crippen molar-refractivity contribution in [3.05, 3.63) is 0 Å². The summed E-state index contributed by atoms with van der Waals surface area (Å²) in [5.41, 5.74) is 0. The highest BCUT2D eigenvalue weighted by Crippen LogP contribution is 2.12. The van der Waals surface area contributed by atoms with E-state index in [9.17, 15) is 4.79 Å². The molecule has 0 fully saturated rings. The van der Waals surface area contributed by atoms with E-state index in [0.29, 0.717) is 0 Å². The Morgan fingerprint density at radius 1 is 0.824 bits per heavy atom. The van der Waals surface area contributed by atoms with E-state index in [2.05, 4.69) is 19.2 Å². The van der Waals surface area contributed by atoms with Crippen LogP contribution in [-0.4, -0.2) is 13.0 Å². The van der Waals surface area contributed by atoms with Crippen LogP contribution in [0.15, 0.2) is 0 Å². The summed E-state index contributed by atoms with van der Waals surface area (Å²) in [4.78, 5) is 10.00. The standard InChI is InChI=1S/C15H31NO/c1-15(2)12-10-8-6-4-3-5-7-9-11-13-16-14-17/h14-15H,3-13H2,1-2H3,(H,16,17). The maximum absolute atomic E-state index is 10.00. The molecule has 0 saturated carbocycles. The van der Waals surface area contributed by atoms with Gasteiger partial charge in [-0.2, -0.15) is 0 Å². The summed E-state index contributed by atoms with van der Waals surface area (Å²) >= 11 is 0. The van der Waals surface area contributed by atoms with Crippen LogP contribution in [0.2, 0.25) is 0 Å². The molecule has 17 heavy (non-hydrogen) atoms. The molecule has 0 spiro atoms. The average molecular weight is 241 g/mol. The highest BCUT2D eigenvalue weighted by atomic mass is 16.1. The molecular weight excluding hydrogens is 210 g/mol. The summed E-state index contributed by atoms with van der Waals surface area (Å²) in [5, 5.41) is 2.70. The minimum absolute atomic E-state index is 0.789. The molecule has 0 heterocycles. The first-order chi connectivity index (χ1) is 8.27. The van der Waals surface area contributed by atoms with Crippen molar-refractivity contribution in [1.82, 2.24) is 5.32 Å². The van der Waals surface area contributed by atoms with Gasteiger partial charge in [-0.15, -0.1) is 0 Å². The maximum atomic E-state index is 10.00. The molecule has 1 amide bonds. The van der Waals surface area contributed by atoms with E-state index < -0.39 is 0 Å². The number of carbonyl (C=O) groups excluding carboxylic acids is 1. The van der Waals surface area contributed by atoms with Crippen molar-refractivity contribution in [2.75, 3.05) is 6.54 Å². The van der Waals surface area contributed by atoms with Gasteiger partial charge >= 0.3 is 0 Å². The lowest BCUT2D eigenvalue weighted by molar-refractivity contribution is -0.109. The van der Waals surface area contributed by atoms with Crippen LogP contribution in [0.4, 0.5) is 0 Å². The first-order valence-corrected chi connectivity index (χ1v) is 7.44. The van der Waals surface area contributed by atoms with E-state index in [4.69, 9.17) is 0 Å². The van der Waals surface area contributed by atoms with Crippen molar-refractivity contribution < 1.29 is 4.79 Å². The molecule has 0 unspecified atom stereocenters. The second-order valence-corrected chi connectivity index (χ2v) is 5.44. The van der Waals surface area contributed by atoms with Crippen LogP contribution in [0.5, 0.6) is 0 Å². The Kier molecular flexibility index (Phi) is 13.1. The number of unbranched alkanes of at least 4 members (excludes halogenated alkanes) is 8. The number of carbonyl (C=O) groups is 1. The van der Waals surface area contributed by atoms with E-state index in [1.165, 1.54) is 57.8 Å². The van der Waals surface area contributed by atoms with Gasteiger partial charge in [0.1, 0.15) is 0 Å². The molecule has 2 heteroatoms. The molecule has 1 N–H and O–H groups in total. The van der Waals surface area contributed by atoms with Crippen LogP contribution in [-0.2, 0) is 4.79 Å². The van der Waals surface area contributed by atoms with Crippen LogP contribution >= 0.6 is 0 Å². The van der Waals surface area contributed by atoms with E-state index >= 15 is 0 Å². The van der Waals surface area contributed by atoms with Gasteiger partial charge in [0.15, 0.2) is 0 Å². The molecule has 0 aliphatic rings. The number of hydrogen-bond donors (Lipinski definition) is 1. The van der Waals surface area contributed by atoms with Crippen molar-refractivity contribution in [1.29, 1.82) is 0 Å². The third-order valence-electron chi connectivity index (χ3n) is 3.19. The fourth-order valence-corrected chi connectivity index (χ4v) is 2.08. The Balaban J connectivity index is 2.91. The van der Waals surface area contributed by atoms with Gasteiger partial charge in [-0.1, -0.05) is 71.6 Å². The third-order valence-corrected chi connectivity index (χ3v) is 3.19. The van der Waals surface area contributed by atoms with Gasteiger partial charge in [-0.25, -0.2) is 0 Å². The Hall–Kier alpha value is -0.530. The lowest BCUT2D eigenvalue weighted by Crippen LogP contribution is -2.11. The van der Waals surface area contributed by atoms with Crippen LogP contribution in [0.25, 0.3) is 0 Å². The molecule has 0 aliphatic heterocycles. The highest BCUT2D eigenvalue weighted by Gasteiger charge is 1.95. The first-order valence-electron chi connectivity index (χ1n) is 7.44. The molecule has 2 nitrogen and oxygen atoms in total. The largest absolute Gasteiger partial charge is 0.359 e. The Labute approximate surface area is 108 Å². The zero-order chi connectivity index (χ0) is 12.8. The molecule has 0 aromatic heterocycles. The molecule has 0 radical (unpaired) electrons. The van der Waals surface area contributed by atoms with Gasteiger partial charge in [0.25, 0.3) is 0 Å². The van der Waals surface area contributed by atoms with Crippen molar-refractivity contribution in [3.8, 4) is 0 Å². The van der Waals surface area contributed by atoms with E-state index in [-0.39, 0.29) is 0 Å². The van der Waals surface area contributed by atoms with Crippen LogP contribution in [0.1, 0.15) is 78.1 Å². The van der Waals surface area contributed by atoms with Crippen LogP contribution < -0.4 is 5.32 Å². The minimum atomic E-state index is 0.789. The lowest BCUT2D eigenvalue weighted by atomic mass is 10.0. The average Bonchev–Trinajstić information content (AvgIpc) is 2.30. The Morgan fingerprint density at radius 3 is 1.76 bits per heavy atom. The minimum Gasteiger partial charge on any atom is -0.359 e. The van der Waals surface area contributed by atoms with Gasteiger partial charge in [0, 0.05) is 6.54 Å². The predicted octanol–water partition coefficient (Wildman–Crippen LogP) is 4.29. The summed E-state index contributed by atoms with van der Waals surface area (Å²) in [6, 6.07) is 0. The maximum Gasteiger partial charge on any atom is 0.207 e. The van der Waals surface area contributed by atoms with E-state index in [1.54, 1.807) is 0 Å².